The lowest BCUT2D eigenvalue weighted by molar-refractivity contribution is -0.112. The predicted octanol–water partition coefficient (Wildman–Crippen LogP) is 4.67. The molecule has 26 heavy (non-hydrogen) atoms. The van der Waals surface area contributed by atoms with Crippen LogP contribution in [0.5, 0.6) is 5.75 Å². The van der Waals surface area contributed by atoms with Crippen LogP contribution < -0.4 is 15.4 Å². The van der Waals surface area contributed by atoms with Gasteiger partial charge in [0, 0.05) is 17.6 Å². The number of rotatable bonds is 7. The SMILES string of the molecule is CCC(C)c1ccccc1N/C=C(/C#N)C(=O)Nc1ccc(OC)cc1. The zero-order chi connectivity index (χ0) is 18.9. The molecule has 0 aliphatic heterocycles. The van der Waals surface area contributed by atoms with Crippen molar-refractivity contribution in [2.24, 2.45) is 0 Å². The summed E-state index contributed by atoms with van der Waals surface area (Å²) < 4.78 is 5.08. The Bertz CT molecular complexity index is 820. The van der Waals surface area contributed by atoms with Crippen LogP contribution in [0.15, 0.2) is 60.3 Å². The zero-order valence-corrected chi connectivity index (χ0v) is 15.2. The number of anilines is 2. The van der Waals surface area contributed by atoms with Gasteiger partial charge in [0.2, 0.25) is 0 Å². The summed E-state index contributed by atoms with van der Waals surface area (Å²) in [7, 11) is 1.58. The number of nitrogens with zero attached hydrogens (tertiary/aromatic N) is 1. The summed E-state index contributed by atoms with van der Waals surface area (Å²) in [5, 5.41) is 15.1. The molecule has 0 radical (unpaired) electrons. The molecule has 1 atom stereocenters. The number of para-hydroxylation sites is 1. The van der Waals surface area contributed by atoms with Crippen LogP contribution in [0.3, 0.4) is 0 Å². The molecule has 0 aromatic heterocycles. The molecule has 0 aliphatic rings. The fourth-order valence-electron chi connectivity index (χ4n) is 2.45. The Hall–Kier alpha value is -3.26. The minimum Gasteiger partial charge on any atom is -0.497 e. The second-order valence-corrected chi connectivity index (χ2v) is 5.89. The van der Waals surface area contributed by atoms with Crippen LogP contribution in [0.2, 0.25) is 0 Å². The van der Waals surface area contributed by atoms with E-state index in [2.05, 4.69) is 24.5 Å². The van der Waals surface area contributed by atoms with Gasteiger partial charge >= 0.3 is 0 Å². The van der Waals surface area contributed by atoms with E-state index in [1.807, 2.05) is 30.3 Å². The van der Waals surface area contributed by atoms with Gasteiger partial charge in [-0.25, -0.2) is 0 Å². The lowest BCUT2D eigenvalue weighted by atomic mass is 9.97. The van der Waals surface area contributed by atoms with Gasteiger partial charge in [-0.05, 0) is 48.2 Å². The van der Waals surface area contributed by atoms with Gasteiger partial charge in [0.1, 0.15) is 17.4 Å². The molecule has 0 bridgehead atoms. The number of carbonyl (C=O) groups excluding carboxylic acids is 1. The number of benzene rings is 2. The van der Waals surface area contributed by atoms with Gasteiger partial charge < -0.3 is 15.4 Å². The number of ether oxygens (including phenoxy) is 1. The Kier molecular flexibility index (Phi) is 6.81. The van der Waals surface area contributed by atoms with Crippen molar-refractivity contribution in [3.63, 3.8) is 0 Å². The number of hydrogen-bond acceptors (Lipinski definition) is 4. The molecule has 0 spiro atoms. The van der Waals surface area contributed by atoms with E-state index in [-0.39, 0.29) is 5.57 Å². The molecule has 0 saturated heterocycles. The first-order valence-corrected chi connectivity index (χ1v) is 8.50. The van der Waals surface area contributed by atoms with E-state index in [4.69, 9.17) is 4.74 Å². The average Bonchev–Trinajstić information content (AvgIpc) is 2.68. The Morgan fingerprint density at radius 1 is 1.23 bits per heavy atom. The van der Waals surface area contributed by atoms with E-state index in [1.54, 1.807) is 31.4 Å². The first-order valence-electron chi connectivity index (χ1n) is 8.50. The van der Waals surface area contributed by atoms with Gasteiger partial charge in [-0.2, -0.15) is 5.26 Å². The number of carbonyl (C=O) groups is 1. The van der Waals surface area contributed by atoms with Crippen molar-refractivity contribution < 1.29 is 9.53 Å². The molecular weight excluding hydrogens is 326 g/mol. The van der Waals surface area contributed by atoms with Crippen LogP contribution >= 0.6 is 0 Å². The van der Waals surface area contributed by atoms with E-state index < -0.39 is 5.91 Å². The fraction of sp³-hybridized carbons (Fsp3) is 0.238. The van der Waals surface area contributed by atoms with Gasteiger partial charge in [-0.15, -0.1) is 0 Å². The highest BCUT2D eigenvalue weighted by atomic mass is 16.5. The molecule has 1 unspecified atom stereocenters. The number of amides is 1. The Labute approximate surface area is 154 Å². The number of nitrogens with one attached hydrogen (secondary N) is 2. The maximum atomic E-state index is 12.3. The Morgan fingerprint density at radius 3 is 2.54 bits per heavy atom. The predicted molar refractivity (Wildman–Crippen MR) is 104 cm³/mol. The van der Waals surface area contributed by atoms with Gasteiger partial charge in [0.25, 0.3) is 5.91 Å². The highest BCUT2D eigenvalue weighted by Crippen LogP contribution is 2.26. The average molecular weight is 349 g/mol. The summed E-state index contributed by atoms with van der Waals surface area (Å²) in [6.45, 7) is 4.27. The van der Waals surface area contributed by atoms with Crippen LogP contribution in [0.25, 0.3) is 0 Å². The third kappa shape index (κ3) is 4.87. The Morgan fingerprint density at radius 2 is 1.92 bits per heavy atom. The van der Waals surface area contributed by atoms with E-state index in [1.165, 1.54) is 6.20 Å². The van der Waals surface area contributed by atoms with E-state index in [9.17, 15) is 10.1 Å². The summed E-state index contributed by atoms with van der Waals surface area (Å²) in [4.78, 5) is 12.3. The molecule has 0 heterocycles. The molecule has 5 nitrogen and oxygen atoms in total. The van der Waals surface area contributed by atoms with Crippen molar-refractivity contribution in [2.75, 3.05) is 17.7 Å². The van der Waals surface area contributed by atoms with Crippen LogP contribution in [-0.2, 0) is 4.79 Å². The standard InChI is InChI=1S/C21H23N3O2/c1-4-15(2)19-7-5-6-8-20(19)23-14-16(13-22)21(25)24-17-9-11-18(26-3)12-10-17/h5-12,14-15,23H,4H2,1-3H3,(H,24,25)/b16-14-. The molecule has 0 saturated carbocycles. The van der Waals surface area contributed by atoms with Crippen LogP contribution in [-0.4, -0.2) is 13.0 Å². The zero-order valence-electron chi connectivity index (χ0n) is 15.2. The van der Waals surface area contributed by atoms with Crippen LogP contribution in [0, 0.1) is 11.3 Å². The summed E-state index contributed by atoms with van der Waals surface area (Å²) in [6.07, 6.45) is 2.45. The maximum Gasteiger partial charge on any atom is 0.267 e. The molecule has 2 aromatic rings. The van der Waals surface area contributed by atoms with Crippen molar-refractivity contribution in [3.05, 3.63) is 65.9 Å². The van der Waals surface area contributed by atoms with E-state index in [0.29, 0.717) is 17.4 Å². The minimum absolute atomic E-state index is 0.000211. The first-order chi connectivity index (χ1) is 12.6. The molecule has 2 N–H and O–H groups in total. The highest BCUT2D eigenvalue weighted by molar-refractivity contribution is 6.06. The molecule has 0 aliphatic carbocycles. The first kappa shape index (κ1) is 19.1. The van der Waals surface area contributed by atoms with Gasteiger partial charge in [0.15, 0.2) is 0 Å². The van der Waals surface area contributed by atoms with Gasteiger partial charge in [-0.1, -0.05) is 32.0 Å². The smallest absolute Gasteiger partial charge is 0.267 e. The molecule has 0 fully saturated rings. The normalized spacial score (nSPS) is 12.0. The third-order valence-electron chi connectivity index (χ3n) is 4.19. The molecular formula is C21H23N3O2. The third-order valence-corrected chi connectivity index (χ3v) is 4.19. The van der Waals surface area contributed by atoms with Crippen molar-refractivity contribution in [1.82, 2.24) is 0 Å². The van der Waals surface area contributed by atoms with Crippen molar-refractivity contribution in [3.8, 4) is 11.8 Å². The molecule has 2 rings (SSSR count). The summed E-state index contributed by atoms with van der Waals surface area (Å²) >= 11 is 0. The number of hydrogen-bond donors (Lipinski definition) is 2. The van der Waals surface area contributed by atoms with Crippen LogP contribution in [0.4, 0.5) is 11.4 Å². The topological polar surface area (TPSA) is 74.2 Å². The largest absolute Gasteiger partial charge is 0.497 e. The quantitative estimate of drug-likeness (QED) is 0.563. The van der Waals surface area contributed by atoms with Crippen molar-refractivity contribution in [2.45, 2.75) is 26.2 Å². The summed E-state index contributed by atoms with van der Waals surface area (Å²) in [5.41, 5.74) is 2.64. The lowest BCUT2D eigenvalue weighted by Crippen LogP contribution is -2.14. The summed E-state index contributed by atoms with van der Waals surface area (Å²) in [6, 6.07) is 16.8. The second-order valence-electron chi connectivity index (χ2n) is 5.89. The minimum atomic E-state index is -0.466. The Balaban J connectivity index is 2.12. The lowest BCUT2D eigenvalue weighted by Gasteiger charge is -2.14. The molecule has 2 aromatic carbocycles. The second kappa shape index (κ2) is 9.28. The van der Waals surface area contributed by atoms with Crippen molar-refractivity contribution >= 4 is 17.3 Å². The molecule has 134 valence electrons. The van der Waals surface area contributed by atoms with E-state index in [0.717, 1.165) is 17.7 Å². The molecule has 1 amide bonds. The number of methoxy groups -OCH3 is 1. The molecule has 5 heteroatoms. The monoisotopic (exact) mass is 349 g/mol. The van der Waals surface area contributed by atoms with Crippen molar-refractivity contribution in [1.29, 1.82) is 5.26 Å². The van der Waals surface area contributed by atoms with Gasteiger partial charge in [-0.3, -0.25) is 4.79 Å². The fourth-order valence-corrected chi connectivity index (χ4v) is 2.45. The summed E-state index contributed by atoms with van der Waals surface area (Å²) in [5.74, 6) is 0.610. The van der Waals surface area contributed by atoms with E-state index >= 15 is 0 Å². The highest BCUT2D eigenvalue weighted by Gasteiger charge is 2.11. The number of nitriles is 1. The van der Waals surface area contributed by atoms with Crippen LogP contribution in [0.1, 0.15) is 31.7 Å². The van der Waals surface area contributed by atoms with Gasteiger partial charge in [0.05, 0.1) is 7.11 Å². The maximum absolute atomic E-state index is 12.3.